The average Bonchev–Trinajstić information content (AvgIpc) is 3.59. The zero-order valence-electron chi connectivity index (χ0n) is 28.4. The highest BCUT2D eigenvalue weighted by atomic mass is 32.1. The molecule has 2 heteroatoms. The summed E-state index contributed by atoms with van der Waals surface area (Å²) in [5, 5.41) is 7.55. The molecule has 0 atom stereocenters. The lowest BCUT2D eigenvalue weighted by atomic mass is 9.96. The number of nitrogens with zero attached hydrogens (tertiary/aromatic N) is 1. The van der Waals surface area contributed by atoms with Crippen LogP contribution in [0.5, 0.6) is 0 Å². The summed E-state index contributed by atoms with van der Waals surface area (Å²) in [5.74, 6) is 0. The average molecular weight is 680 g/mol. The molecule has 0 aliphatic rings. The van der Waals surface area contributed by atoms with Crippen molar-refractivity contribution in [2.24, 2.45) is 0 Å². The van der Waals surface area contributed by atoms with Crippen LogP contribution in [0.15, 0.2) is 200 Å². The van der Waals surface area contributed by atoms with Gasteiger partial charge in [0.1, 0.15) is 0 Å². The van der Waals surface area contributed by atoms with E-state index in [1.54, 1.807) is 0 Å². The van der Waals surface area contributed by atoms with E-state index in [4.69, 9.17) is 0 Å². The Balaban J connectivity index is 1.11. The van der Waals surface area contributed by atoms with E-state index in [0.29, 0.717) is 0 Å². The molecule has 10 rings (SSSR count). The van der Waals surface area contributed by atoms with Gasteiger partial charge in [-0.2, -0.15) is 0 Å². The van der Waals surface area contributed by atoms with Crippen molar-refractivity contribution in [3.63, 3.8) is 0 Å². The van der Waals surface area contributed by atoms with Gasteiger partial charge in [-0.3, -0.25) is 0 Å². The van der Waals surface area contributed by atoms with Gasteiger partial charge < -0.3 is 4.90 Å². The molecule has 9 aromatic carbocycles. The maximum absolute atomic E-state index is 2.43. The first-order chi connectivity index (χ1) is 25.7. The summed E-state index contributed by atoms with van der Waals surface area (Å²) in [6.45, 7) is 0. The highest BCUT2D eigenvalue weighted by Crippen LogP contribution is 2.44. The van der Waals surface area contributed by atoms with Gasteiger partial charge in [0, 0.05) is 37.1 Å². The third-order valence-electron chi connectivity index (χ3n) is 10.2. The number of rotatable bonds is 6. The second kappa shape index (κ2) is 12.7. The summed E-state index contributed by atoms with van der Waals surface area (Å²) in [4.78, 5) is 2.43. The van der Waals surface area contributed by atoms with Gasteiger partial charge in [-0.15, -0.1) is 11.3 Å². The van der Waals surface area contributed by atoms with Crippen LogP contribution in [0.4, 0.5) is 17.1 Å². The minimum absolute atomic E-state index is 1.12. The lowest BCUT2D eigenvalue weighted by Crippen LogP contribution is -2.11. The topological polar surface area (TPSA) is 3.24 Å². The molecule has 0 bridgehead atoms. The van der Waals surface area contributed by atoms with E-state index in [0.717, 1.165) is 17.1 Å². The van der Waals surface area contributed by atoms with Crippen molar-refractivity contribution in [2.75, 3.05) is 4.90 Å². The standard InChI is InChI=1S/C50H33NS/c1-2-12-36(13-3-1)45-17-6-8-19-48(45)51(44-27-28-47-46-18-7-9-20-49(46)52-50(47)33-44)43-26-25-35-22-24-41(31-42(35)32-43)39-16-10-15-38(30-39)40-23-21-34-11-4-5-14-37(34)29-40/h1-33H. The smallest absolute Gasteiger partial charge is 0.0540 e. The van der Waals surface area contributed by atoms with Crippen LogP contribution in [-0.2, 0) is 0 Å². The molecule has 0 radical (unpaired) electrons. The molecule has 1 aromatic heterocycles. The molecule has 0 unspecified atom stereocenters. The predicted molar refractivity (Wildman–Crippen MR) is 225 cm³/mol. The molecule has 1 heterocycles. The first-order valence-corrected chi connectivity index (χ1v) is 18.6. The van der Waals surface area contributed by atoms with E-state index in [1.807, 2.05) is 11.3 Å². The largest absolute Gasteiger partial charge is 0.310 e. The van der Waals surface area contributed by atoms with Crippen LogP contribution < -0.4 is 4.90 Å². The molecule has 0 saturated carbocycles. The first-order valence-electron chi connectivity index (χ1n) is 17.7. The van der Waals surface area contributed by atoms with Crippen LogP contribution in [0.3, 0.4) is 0 Å². The number of thiophene rings is 1. The van der Waals surface area contributed by atoms with Gasteiger partial charge in [0.15, 0.2) is 0 Å². The van der Waals surface area contributed by atoms with Crippen molar-refractivity contribution in [3.8, 4) is 33.4 Å². The van der Waals surface area contributed by atoms with E-state index in [-0.39, 0.29) is 0 Å². The molecule has 0 amide bonds. The SMILES string of the molecule is c1ccc(-c2ccccc2N(c2ccc3ccc(-c4cccc(-c5ccc6ccccc6c5)c4)cc3c2)c2ccc3c(c2)sc2ccccc23)cc1. The van der Waals surface area contributed by atoms with Gasteiger partial charge in [0.05, 0.1) is 5.69 Å². The van der Waals surface area contributed by atoms with Gasteiger partial charge in [-0.25, -0.2) is 0 Å². The molecule has 0 aliphatic heterocycles. The van der Waals surface area contributed by atoms with Crippen molar-refractivity contribution in [3.05, 3.63) is 200 Å². The molecular formula is C50H33NS. The van der Waals surface area contributed by atoms with Crippen LogP contribution in [0, 0.1) is 0 Å². The summed E-state index contributed by atoms with van der Waals surface area (Å²) < 4.78 is 2.60. The molecule has 0 aliphatic carbocycles. The number of fused-ring (bicyclic) bond motifs is 5. The second-order valence-corrected chi connectivity index (χ2v) is 14.5. The highest BCUT2D eigenvalue weighted by molar-refractivity contribution is 7.25. The summed E-state index contributed by atoms with van der Waals surface area (Å²) >= 11 is 1.86. The molecule has 0 N–H and O–H groups in total. The van der Waals surface area contributed by atoms with Crippen LogP contribution >= 0.6 is 11.3 Å². The number of para-hydroxylation sites is 1. The maximum Gasteiger partial charge on any atom is 0.0540 e. The van der Waals surface area contributed by atoms with Gasteiger partial charge in [0.2, 0.25) is 0 Å². The Labute approximate surface area is 307 Å². The fourth-order valence-corrected chi connectivity index (χ4v) is 8.75. The fourth-order valence-electron chi connectivity index (χ4n) is 7.61. The zero-order chi connectivity index (χ0) is 34.4. The lowest BCUT2D eigenvalue weighted by Gasteiger charge is -2.28. The molecule has 10 aromatic rings. The third kappa shape index (κ3) is 5.42. The van der Waals surface area contributed by atoms with Crippen molar-refractivity contribution in [1.29, 1.82) is 0 Å². The van der Waals surface area contributed by atoms with Gasteiger partial charge in [-0.1, -0.05) is 146 Å². The monoisotopic (exact) mass is 679 g/mol. The van der Waals surface area contributed by atoms with Crippen LogP contribution in [0.1, 0.15) is 0 Å². The minimum atomic E-state index is 1.12. The van der Waals surface area contributed by atoms with Crippen molar-refractivity contribution in [2.45, 2.75) is 0 Å². The van der Waals surface area contributed by atoms with Gasteiger partial charge in [0.25, 0.3) is 0 Å². The Kier molecular flexibility index (Phi) is 7.41. The molecule has 1 nitrogen and oxygen atoms in total. The molecule has 244 valence electrons. The Morgan fingerprint density at radius 2 is 0.885 bits per heavy atom. The summed E-state index contributed by atoms with van der Waals surface area (Å²) in [7, 11) is 0. The van der Waals surface area contributed by atoms with Crippen molar-refractivity contribution in [1.82, 2.24) is 0 Å². The van der Waals surface area contributed by atoms with E-state index < -0.39 is 0 Å². The van der Waals surface area contributed by atoms with Crippen molar-refractivity contribution >= 4 is 70.1 Å². The Morgan fingerprint density at radius 1 is 0.308 bits per heavy atom. The molecule has 0 spiro atoms. The summed E-state index contributed by atoms with van der Waals surface area (Å²) in [6.07, 6.45) is 0. The zero-order valence-corrected chi connectivity index (χ0v) is 29.2. The Hall–Kier alpha value is -6.48. The van der Waals surface area contributed by atoms with Crippen LogP contribution in [0.2, 0.25) is 0 Å². The number of anilines is 3. The number of benzene rings is 9. The normalized spacial score (nSPS) is 11.5. The van der Waals surface area contributed by atoms with E-state index >= 15 is 0 Å². The quantitative estimate of drug-likeness (QED) is 0.169. The first kappa shape index (κ1) is 30.4. The number of hydrogen-bond acceptors (Lipinski definition) is 2. The van der Waals surface area contributed by atoms with E-state index in [1.165, 1.54) is 75.1 Å². The summed E-state index contributed by atoms with van der Waals surface area (Å²) in [6, 6.07) is 73.1. The van der Waals surface area contributed by atoms with Crippen molar-refractivity contribution < 1.29 is 0 Å². The van der Waals surface area contributed by atoms with E-state index in [2.05, 4.69) is 205 Å². The fraction of sp³-hybridized carbons (Fsp3) is 0. The van der Waals surface area contributed by atoms with Crippen LogP contribution in [-0.4, -0.2) is 0 Å². The molecule has 0 saturated heterocycles. The van der Waals surface area contributed by atoms with Gasteiger partial charge >= 0.3 is 0 Å². The molecular weight excluding hydrogens is 647 g/mol. The predicted octanol–water partition coefficient (Wildman–Crippen LogP) is 14.8. The third-order valence-corrected chi connectivity index (χ3v) is 11.3. The summed E-state index contributed by atoms with van der Waals surface area (Å²) in [5.41, 5.74) is 10.7. The van der Waals surface area contributed by atoms with Gasteiger partial charge in [-0.05, 0) is 104 Å². The second-order valence-electron chi connectivity index (χ2n) is 13.4. The van der Waals surface area contributed by atoms with Crippen LogP contribution in [0.25, 0.3) is 75.1 Å². The highest BCUT2D eigenvalue weighted by Gasteiger charge is 2.19. The molecule has 0 fully saturated rings. The Bertz CT molecular complexity index is 2920. The maximum atomic E-state index is 2.43. The number of hydrogen-bond donors (Lipinski definition) is 0. The van der Waals surface area contributed by atoms with E-state index in [9.17, 15) is 0 Å². The minimum Gasteiger partial charge on any atom is -0.310 e. The Morgan fingerprint density at radius 3 is 1.73 bits per heavy atom. The molecule has 52 heavy (non-hydrogen) atoms. The lowest BCUT2D eigenvalue weighted by molar-refractivity contribution is 1.30.